The fourth-order valence-corrected chi connectivity index (χ4v) is 5.12. The molecule has 1 saturated carbocycles. The quantitative estimate of drug-likeness (QED) is 0.885. The number of benzene rings is 1. The van der Waals surface area contributed by atoms with Gasteiger partial charge in [0.25, 0.3) is 0 Å². The fourth-order valence-electron chi connectivity index (χ4n) is 4.18. The normalized spacial score (nSPS) is 24.2. The Bertz CT molecular complexity index is 663. The van der Waals surface area contributed by atoms with E-state index in [4.69, 9.17) is 0 Å². The summed E-state index contributed by atoms with van der Waals surface area (Å²) in [7, 11) is -1.13. The van der Waals surface area contributed by atoms with Gasteiger partial charge in [0.1, 0.15) is 0 Å². The summed E-state index contributed by atoms with van der Waals surface area (Å²) in [6.07, 6.45) is 7.08. The van der Waals surface area contributed by atoms with Crippen LogP contribution in [0, 0.1) is 16.7 Å². The Morgan fingerprint density at radius 2 is 1.96 bits per heavy atom. The van der Waals surface area contributed by atoms with Gasteiger partial charge in [-0.2, -0.15) is 5.26 Å². The predicted octanol–water partition coefficient (Wildman–Crippen LogP) is 4.16. The van der Waals surface area contributed by atoms with Crippen molar-refractivity contribution >= 4 is 11.0 Å². The van der Waals surface area contributed by atoms with Crippen molar-refractivity contribution in [3.63, 3.8) is 0 Å². The second-order valence-corrected chi connectivity index (χ2v) is 10.0. The molecule has 23 heavy (non-hydrogen) atoms. The smallest absolute Gasteiger partial charge is 0.0995 e. The maximum Gasteiger partial charge on any atom is 0.0995 e. The highest BCUT2D eigenvalue weighted by Crippen LogP contribution is 2.55. The van der Waals surface area contributed by atoms with E-state index in [-0.39, 0.29) is 16.2 Å². The van der Waals surface area contributed by atoms with Gasteiger partial charge in [-0.1, -0.05) is 31.4 Å². The van der Waals surface area contributed by atoms with E-state index in [1.807, 2.05) is 32.9 Å². The van der Waals surface area contributed by atoms with Gasteiger partial charge in [-0.05, 0) is 62.6 Å². The third-order valence-corrected chi connectivity index (χ3v) is 6.95. The zero-order valence-electron chi connectivity index (χ0n) is 14.3. The minimum atomic E-state index is -1.13. The third-order valence-electron chi connectivity index (χ3n) is 5.39. The van der Waals surface area contributed by atoms with Gasteiger partial charge in [0.2, 0.25) is 0 Å². The molecular formula is C19H26N2OS. The molecule has 3 rings (SSSR count). The van der Waals surface area contributed by atoms with E-state index in [1.54, 1.807) is 0 Å². The molecule has 1 N–H and O–H groups in total. The van der Waals surface area contributed by atoms with Gasteiger partial charge >= 0.3 is 0 Å². The lowest BCUT2D eigenvalue weighted by atomic mass is 9.69. The molecule has 1 aromatic rings. The molecule has 2 aliphatic rings. The summed E-state index contributed by atoms with van der Waals surface area (Å²) in [6.45, 7) is 5.99. The van der Waals surface area contributed by atoms with Crippen molar-refractivity contribution in [3.05, 3.63) is 34.9 Å². The average molecular weight is 330 g/mol. The van der Waals surface area contributed by atoms with Crippen LogP contribution in [0.3, 0.4) is 0 Å². The molecule has 4 heteroatoms. The van der Waals surface area contributed by atoms with Crippen LogP contribution in [0.5, 0.6) is 0 Å². The summed E-state index contributed by atoms with van der Waals surface area (Å²) in [5.41, 5.74) is 3.26. The van der Waals surface area contributed by atoms with Gasteiger partial charge in [-0.15, -0.1) is 0 Å². The highest BCUT2D eigenvalue weighted by molar-refractivity contribution is 7.84. The van der Waals surface area contributed by atoms with E-state index in [2.05, 4.69) is 16.9 Å². The van der Waals surface area contributed by atoms with E-state index >= 15 is 0 Å². The highest BCUT2D eigenvalue weighted by atomic mass is 32.2. The Labute approximate surface area is 142 Å². The van der Waals surface area contributed by atoms with Crippen molar-refractivity contribution in [3.8, 4) is 6.07 Å². The lowest BCUT2D eigenvalue weighted by Gasteiger charge is -2.40. The van der Waals surface area contributed by atoms with Crippen molar-refractivity contribution in [2.75, 3.05) is 0 Å². The number of nitrogens with one attached hydrogen (secondary N) is 1. The average Bonchev–Trinajstić information content (AvgIpc) is 2.80. The number of nitriles is 1. The Morgan fingerprint density at radius 1 is 1.26 bits per heavy atom. The van der Waals surface area contributed by atoms with Crippen molar-refractivity contribution in [1.82, 2.24) is 4.72 Å². The second-order valence-electron chi connectivity index (χ2n) is 8.02. The molecule has 0 unspecified atom stereocenters. The van der Waals surface area contributed by atoms with E-state index in [1.165, 1.54) is 24.8 Å². The zero-order chi connectivity index (χ0) is 16.7. The van der Waals surface area contributed by atoms with Crippen LogP contribution in [0.15, 0.2) is 18.2 Å². The van der Waals surface area contributed by atoms with Crippen molar-refractivity contribution in [1.29, 1.82) is 5.26 Å². The standard InChI is InChI=1S/C19H26N2OS/c1-18(2,3)23(22)21-17-16-14(8-7-9-15(16)13-20)12-19(17)10-5-4-6-11-19/h7-9,17,21H,4-6,10-12H2,1-3H3/t17-,23-/m1/s1. The van der Waals surface area contributed by atoms with Gasteiger partial charge in [-0.3, -0.25) is 0 Å². The minimum absolute atomic E-state index is 0.0358. The van der Waals surface area contributed by atoms with Gasteiger partial charge in [0.15, 0.2) is 0 Å². The molecule has 0 aliphatic heterocycles. The molecule has 2 aliphatic carbocycles. The predicted molar refractivity (Wildman–Crippen MR) is 94.2 cm³/mol. The molecular weight excluding hydrogens is 304 g/mol. The molecule has 0 amide bonds. The van der Waals surface area contributed by atoms with Crippen LogP contribution in [-0.2, 0) is 17.4 Å². The van der Waals surface area contributed by atoms with Crippen molar-refractivity contribution in [2.45, 2.75) is 70.1 Å². The maximum atomic E-state index is 12.8. The molecule has 0 heterocycles. The SMILES string of the molecule is CC(C)(C)[S@@](=O)N[C@@H]1c2c(C#N)cccc2CC12CCCCC2. The van der Waals surface area contributed by atoms with Crippen LogP contribution < -0.4 is 4.72 Å². The third kappa shape index (κ3) is 2.97. The van der Waals surface area contributed by atoms with Crippen LogP contribution in [-0.4, -0.2) is 8.96 Å². The van der Waals surface area contributed by atoms with Crippen molar-refractivity contribution in [2.24, 2.45) is 5.41 Å². The molecule has 0 aromatic heterocycles. The van der Waals surface area contributed by atoms with Crippen LogP contribution in [0.2, 0.25) is 0 Å². The Kier molecular flexibility index (Phi) is 4.37. The van der Waals surface area contributed by atoms with Crippen LogP contribution in [0.1, 0.15) is 75.6 Å². The molecule has 0 bridgehead atoms. The van der Waals surface area contributed by atoms with Gasteiger partial charge in [0, 0.05) is 0 Å². The summed E-state index contributed by atoms with van der Waals surface area (Å²) >= 11 is 0. The summed E-state index contributed by atoms with van der Waals surface area (Å²) in [6, 6.07) is 8.42. The molecule has 1 aromatic carbocycles. The lowest BCUT2D eigenvalue weighted by molar-refractivity contribution is 0.153. The molecule has 1 spiro atoms. The molecule has 0 saturated heterocycles. The first-order valence-electron chi connectivity index (χ1n) is 8.57. The zero-order valence-corrected chi connectivity index (χ0v) is 15.1. The summed E-state index contributed by atoms with van der Waals surface area (Å²) in [5, 5.41) is 9.55. The highest BCUT2D eigenvalue weighted by Gasteiger charge is 2.48. The minimum Gasteiger partial charge on any atom is -0.242 e. The van der Waals surface area contributed by atoms with Crippen LogP contribution >= 0.6 is 0 Å². The van der Waals surface area contributed by atoms with E-state index in [0.717, 1.165) is 30.4 Å². The largest absolute Gasteiger partial charge is 0.242 e. The van der Waals surface area contributed by atoms with E-state index < -0.39 is 11.0 Å². The molecule has 0 radical (unpaired) electrons. The number of hydrogen-bond acceptors (Lipinski definition) is 2. The monoisotopic (exact) mass is 330 g/mol. The molecule has 1 fully saturated rings. The topological polar surface area (TPSA) is 52.9 Å². The van der Waals surface area contributed by atoms with Crippen LogP contribution in [0.4, 0.5) is 0 Å². The number of hydrogen-bond donors (Lipinski definition) is 1. The first-order chi connectivity index (χ1) is 10.9. The van der Waals surface area contributed by atoms with E-state index in [0.29, 0.717) is 0 Å². The maximum absolute atomic E-state index is 12.8. The number of nitrogens with zero attached hydrogens (tertiary/aromatic N) is 1. The Balaban J connectivity index is 2.04. The Morgan fingerprint density at radius 3 is 2.57 bits per heavy atom. The molecule has 2 atom stereocenters. The number of fused-ring (bicyclic) bond motifs is 1. The van der Waals surface area contributed by atoms with Gasteiger partial charge in [-0.25, -0.2) is 8.93 Å². The van der Waals surface area contributed by atoms with Gasteiger partial charge < -0.3 is 0 Å². The van der Waals surface area contributed by atoms with Gasteiger partial charge in [0.05, 0.1) is 33.4 Å². The first-order valence-corrected chi connectivity index (χ1v) is 9.72. The summed E-state index contributed by atoms with van der Waals surface area (Å²) < 4.78 is 15.9. The fraction of sp³-hybridized carbons (Fsp3) is 0.632. The number of rotatable bonds is 2. The second kappa shape index (κ2) is 6.03. The van der Waals surface area contributed by atoms with Crippen molar-refractivity contribution < 1.29 is 4.21 Å². The lowest BCUT2D eigenvalue weighted by Crippen LogP contribution is -2.43. The first kappa shape index (κ1) is 16.7. The van der Waals surface area contributed by atoms with Crippen LogP contribution in [0.25, 0.3) is 0 Å². The molecule has 124 valence electrons. The summed E-state index contributed by atoms with van der Waals surface area (Å²) in [5.74, 6) is 0. The van der Waals surface area contributed by atoms with E-state index in [9.17, 15) is 9.47 Å². The summed E-state index contributed by atoms with van der Waals surface area (Å²) in [4.78, 5) is 0. The molecule has 3 nitrogen and oxygen atoms in total. The Hall–Kier alpha value is -1.18.